The zero-order valence-corrected chi connectivity index (χ0v) is 19.9. The molecule has 6 rings (SSSR count). The first-order valence-corrected chi connectivity index (χ1v) is 13.1. The quantitative estimate of drug-likeness (QED) is 0.402. The van der Waals surface area contributed by atoms with Gasteiger partial charge in [-0.25, -0.2) is 4.98 Å². The summed E-state index contributed by atoms with van der Waals surface area (Å²) in [6.45, 7) is 4.33. The highest BCUT2D eigenvalue weighted by molar-refractivity contribution is 7.99. The van der Waals surface area contributed by atoms with Crippen LogP contribution in [0.3, 0.4) is 0 Å². The molecular formula is C24H25N5OS2. The zero-order chi connectivity index (χ0) is 21.8. The molecule has 1 aromatic carbocycles. The number of amides is 1. The number of anilines is 1. The summed E-state index contributed by atoms with van der Waals surface area (Å²) in [7, 11) is 0. The highest BCUT2D eigenvalue weighted by Gasteiger charge is 2.32. The van der Waals surface area contributed by atoms with Crippen molar-refractivity contribution in [1.82, 2.24) is 19.6 Å². The average molecular weight is 464 g/mol. The lowest BCUT2D eigenvalue weighted by atomic mass is 9.89. The predicted octanol–water partition coefficient (Wildman–Crippen LogP) is 5.38. The van der Waals surface area contributed by atoms with Crippen molar-refractivity contribution in [2.45, 2.75) is 57.0 Å². The standard InChI is InChI=1S/C24H25N5OS2/c1-13-7-10-16-18(11-13)32-23-20(16)22-27-28-24(29(22)21(26-23)15-8-9-15)31-12-19(30)25-17-6-4-3-5-14(17)2/h3-6,13,15H,7-12H2,1-2H3,(H,25,30)/t13-/m1/s1. The highest BCUT2D eigenvalue weighted by atomic mass is 32.2. The topological polar surface area (TPSA) is 72.2 Å². The van der Waals surface area contributed by atoms with Crippen molar-refractivity contribution in [1.29, 1.82) is 0 Å². The van der Waals surface area contributed by atoms with Crippen LogP contribution in [0.15, 0.2) is 29.4 Å². The minimum atomic E-state index is -0.0371. The average Bonchev–Trinajstić information content (AvgIpc) is 3.44. The van der Waals surface area contributed by atoms with Crippen molar-refractivity contribution in [3.05, 3.63) is 46.1 Å². The van der Waals surface area contributed by atoms with Gasteiger partial charge < -0.3 is 5.32 Å². The number of thiophene rings is 1. The molecule has 1 amide bonds. The summed E-state index contributed by atoms with van der Waals surface area (Å²) in [6, 6.07) is 7.83. The van der Waals surface area contributed by atoms with Crippen molar-refractivity contribution in [2.75, 3.05) is 11.1 Å². The monoisotopic (exact) mass is 463 g/mol. The van der Waals surface area contributed by atoms with Crippen LogP contribution in [0.25, 0.3) is 15.9 Å². The maximum atomic E-state index is 12.6. The first-order chi connectivity index (χ1) is 15.6. The van der Waals surface area contributed by atoms with E-state index in [1.165, 1.54) is 34.0 Å². The van der Waals surface area contributed by atoms with E-state index in [0.29, 0.717) is 5.92 Å². The van der Waals surface area contributed by atoms with E-state index in [2.05, 4.69) is 26.8 Å². The molecule has 2 aliphatic carbocycles. The number of hydrogen-bond acceptors (Lipinski definition) is 6. The minimum Gasteiger partial charge on any atom is -0.325 e. The number of nitrogens with one attached hydrogen (secondary N) is 1. The fourth-order valence-corrected chi connectivity index (χ4v) is 6.70. The van der Waals surface area contributed by atoms with Gasteiger partial charge in [-0.3, -0.25) is 9.20 Å². The molecular weight excluding hydrogens is 438 g/mol. The Morgan fingerprint density at radius 3 is 2.91 bits per heavy atom. The van der Waals surface area contributed by atoms with E-state index in [1.54, 1.807) is 0 Å². The van der Waals surface area contributed by atoms with Crippen molar-refractivity contribution in [3.63, 3.8) is 0 Å². The number of hydrogen-bond donors (Lipinski definition) is 1. The second kappa shape index (κ2) is 7.85. The molecule has 32 heavy (non-hydrogen) atoms. The van der Waals surface area contributed by atoms with Crippen LogP contribution in [-0.2, 0) is 17.6 Å². The summed E-state index contributed by atoms with van der Waals surface area (Å²) in [5.41, 5.74) is 4.25. The lowest BCUT2D eigenvalue weighted by molar-refractivity contribution is -0.113. The zero-order valence-electron chi connectivity index (χ0n) is 18.2. The number of carbonyl (C=O) groups is 1. The van der Waals surface area contributed by atoms with Crippen molar-refractivity contribution in [2.24, 2.45) is 5.92 Å². The van der Waals surface area contributed by atoms with E-state index < -0.39 is 0 Å². The third-order valence-electron chi connectivity index (χ3n) is 6.49. The van der Waals surface area contributed by atoms with E-state index >= 15 is 0 Å². The first-order valence-electron chi connectivity index (χ1n) is 11.3. The van der Waals surface area contributed by atoms with Crippen LogP contribution in [0.2, 0.25) is 0 Å². The Hall–Kier alpha value is -2.45. The number of aryl methyl sites for hydroxylation is 2. The van der Waals surface area contributed by atoms with E-state index in [-0.39, 0.29) is 11.7 Å². The van der Waals surface area contributed by atoms with E-state index in [9.17, 15) is 4.79 Å². The molecule has 1 atom stereocenters. The van der Waals surface area contributed by atoms with E-state index in [0.717, 1.165) is 64.3 Å². The molecule has 0 bridgehead atoms. The molecule has 3 aromatic heterocycles. The molecule has 0 aliphatic heterocycles. The molecule has 0 saturated heterocycles. The number of thioether (sulfide) groups is 1. The Kier molecular flexibility index (Phi) is 4.95. The van der Waals surface area contributed by atoms with Gasteiger partial charge in [-0.05, 0) is 62.1 Å². The summed E-state index contributed by atoms with van der Waals surface area (Å²) < 4.78 is 2.14. The van der Waals surface area contributed by atoms with Crippen molar-refractivity contribution >= 4 is 50.6 Å². The number of nitrogens with zero attached hydrogens (tertiary/aromatic N) is 4. The SMILES string of the molecule is Cc1ccccc1NC(=O)CSc1nnc2c3c4c(sc3nc(C3CC3)n12)C[C@H](C)CC4. The third-order valence-corrected chi connectivity index (χ3v) is 8.57. The van der Waals surface area contributed by atoms with Gasteiger partial charge in [-0.2, -0.15) is 0 Å². The van der Waals surface area contributed by atoms with E-state index in [4.69, 9.17) is 4.98 Å². The summed E-state index contributed by atoms with van der Waals surface area (Å²) in [5, 5.41) is 14.1. The van der Waals surface area contributed by atoms with Crippen molar-refractivity contribution < 1.29 is 4.79 Å². The van der Waals surface area contributed by atoms with Crippen molar-refractivity contribution in [3.8, 4) is 0 Å². The second-order valence-corrected chi connectivity index (χ2v) is 11.1. The minimum absolute atomic E-state index is 0.0371. The van der Waals surface area contributed by atoms with Crippen LogP contribution in [0.5, 0.6) is 0 Å². The van der Waals surface area contributed by atoms with Gasteiger partial charge >= 0.3 is 0 Å². The predicted molar refractivity (Wildman–Crippen MR) is 130 cm³/mol. The van der Waals surface area contributed by atoms with Gasteiger partial charge in [0.05, 0.1) is 11.1 Å². The lowest BCUT2D eigenvalue weighted by Crippen LogP contribution is -2.15. The van der Waals surface area contributed by atoms with Gasteiger partial charge in [0.15, 0.2) is 10.8 Å². The smallest absolute Gasteiger partial charge is 0.234 e. The molecule has 1 saturated carbocycles. The first kappa shape index (κ1) is 20.2. The maximum Gasteiger partial charge on any atom is 0.234 e. The third kappa shape index (κ3) is 3.49. The van der Waals surface area contributed by atoms with Crippen LogP contribution in [0.4, 0.5) is 5.69 Å². The van der Waals surface area contributed by atoms with Gasteiger partial charge in [-0.1, -0.05) is 36.9 Å². The Balaban J connectivity index is 1.35. The molecule has 4 aromatic rings. The Morgan fingerprint density at radius 1 is 1.25 bits per heavy atom. The summed E-state index contributed by atoms with van der Waals surface area (Å²) in [5.74, 6) is 2.51. The number of carbonyl (C=O) groups excluding carboxylic acids is 1. The number of rotatable bonds is 5. The molecule has 1 N–H and O–H groups in total. The van der Waals surface area contributed by atoms with Crippen LogP contribution >= 0.6 is 23.1 Å². The van der Waals surface area contributed by atoms with Gasteiger partial charge in [-0.15, -0.1) is 21.5 Å². The molecule has 0 unspecified atom stereocenters. The number of fused-ring (bicyclic) bond motifs is 5. The lowest BCUT2D eigenvalue weighted by Gasteiger charge is -2.17. The summed E-state index contributed by atoms with van der Waals surface area (Å²) >= 11 is 3.28. The fraction of sp³-hybridized carbons (Fsp3) is 0.417. The van der Waals surface area contributed by atoms with Crippen LogP contribution in [0.1, 0.15) is 53.9 Å². The molecule has 2 aliphatic rings. The normalized spacial score (nSPS) is 18.2. The largest absolute Gasteiger partial charge is 0.325 e. The second-order valence-electron chi connectivity index (χ2n) is 9.07. The Labute approximate surface area is 194 Å². The fourth-order valence-electron chi connectivity index (χ4n) is 4.58. The van der Waals surface area contributed by atoms with Gasteiger partial charge in [0.1, 0.15) is 10.7 Å². The Morgan fingerprint density at radius 2 is 2.09 bits per heavy atom. The number of para-hydroxylation sites is 1. The summed E-state index contributed by atoms with van der Waals surface area (Å²) in [6.07, 6.45) is 5.75. The molecule has 0 spiro atoms. The molecule has 8 heteroatoms. The summed E-state index contributed by atoms with van der Waals surface area (Å²) in [4.78, 5) is 20.3. The molecule has 1 fully saturated rings. The van der Waals surface area contributed by atoms with Crippen LogP contribution in [-0.4, -0.2) is 31.2 Å². The van der Waals surface area contributed by atoms with Crippen LogP contribution in [0, 0.1) is 12.8 Å². The maximum absolute atomic E-state index is 12.6. The number of aromatic nitrogens is 4. The Bertz CT molecular complexity index is 1350. The molecule has 6 nitrogen and oxygen atoms in total. The van der Waals surface area contributed by atoms with Crippen LogP contribution < -0.4 is 5.32 Å². The molecule has 3 heterocycles. The highest BCUT2D eigenvalue weighted by Crippen LogP contribution is 2.44. The van der Waals surface area contributed by atoms with Gasteiger partial charge in [0, 0.05) is 16.5 Å². The van der Waals surface area contributed by atoms with E-state index in [1.807, 2.05) is 42.5 Å². The van der Waals surface area contributed by atoms with Gasteiger partial charge in [0.2, 0.25) is 5.91 Å². The van der Waals surface area contributed by atoms with Gasteiger partial charge in [0.25, 0.3) is 0 Å². The number of benzene rings is 1. The molecule has 164 valence electrons. The molecule has 0 radical (unpaired) electrons.